The SMILES string of the molecule is O=C(O)c1cc(S(=O)(=O)NCCc2cnc[nH]2)c(Br)s1. The maximum atomic E-state index is 12.1. The minimum Gasteiger partial charge on any atom is -0.477 e. The highest BCUT2D eigenvalue weighted by molar-refractivity contribution is 9.11. The fourth-order valence-electron chi connectivity index (χ4n) is 1.46. The van der Waals surface area contributed by atoms with Gasteiger partial charge in [0.2, 0.25) is 10.0 Å². The summed E-state index contributed by atoms with van der Waals surface area (Å²) in [4.78, 5) is 17.4. The Morgan fingerprint density at radius 1 is 1.55 bits per heavy atom. The second-order valence-corrected chi connectivity index (χ2v) is 7.88. The molecule has 0 aliphatic carbocycles. The molecule has 0 fully saturated rings. The van der Waals surface area contributed by atoms with Crippen LogP contribution < -0.4 is 4.72 Å². The zero-order chi connectivity index (χ0) is 14.8. The van der Waals surface area contributed by atoms with Gasteiger partial charge < -0.3 is 10.1 Å². The van der Waals surface area contributed by atoms with Gasteiger partial charge in [-0.2, -0.15) is 0 Å². The Kier molecular flexibility index (Phi) is 4.58. The molecule has 10 heteroatoms. The fourth-order valence-corrected chi connectivity index (χ4v) is 4.89. The summed E-state index contributed by atoms with van der Waals surface area (Å²) in [7, 11) is -3.74. The lowest BCUT2D eigenvalue weighted by Gasteiger charge is -2.04. The van der Waals surface area contributed by atoms with Crippen LogP contribution >= 0.6 is 27.3 Å². The van der Waals surface area contributed by atoms with Crippen LogP contribution in [0.15, 0.2) is 27.3 Å². The number of carbonyl (C=O) groups is 1. The Labute approximate surface area is 127 Å². The molecule has 0 saturated heterocycles. The van der Waals surface area contributed by atoms with Crippen LogP contribution in [0.3, 0.4) is 0 Å². The van der Waals surface area contributed by atoms with Gasteiger partial charge in [-0.05, 0) is 22.0 Å². The van der Waals surface area contributed by atoms with E-state index in [2.05, 4.69) is 30.6 Å². The van der Waals surface area contributed by atoms with Crippen LogP contribution in [0.5, 0.6) is 0 Å². The van der Waals surface area contributed by atoms with E-state index in [1.54, 1.807) is 6.20 Å². The van der Waals surface area contributed by atoms with Gasteiger partial charge >= 0.3 is 5.97 Å². The first-order chi connectivity index (χ1) is 9.40. The van der Waals surface area contributed by atoms with Crippen LogP contribution in [-0.2, 0) is 16.4 Å². The molecule has 0 spiro atoms. The lowest BCUT2D eigenvalue weighted by molar-refractivity contribution is 0.0702. The predicted octanol–water partition coefficient (Wildman–Crippen LogP) is 1.45. The molecule has 0 aliphatic heterocycles. The molecular weight excluding hydrogens is 370 g/mol. The molecular formula is C10H10BrN3O4S2. The molecule has 0 amide bonds. The number of hydrogen-bond acceptors (Lipinski definition) is 5. The highest BCUT2D eigenvalue weighted by atomic mass is 79.9. The monoisotopic (exact) mass is 379 g/mol. The molecule has 0 saturated carbocycles. The highest BCUT2D eigenvalue weighted by Gasteiger charge is 2.22. The number of nitrogens with zero attached hydrogens (tertiary/aromatic N) is 1. The van der Waals surface area contributed by atoms with Gasteiger partial charge in [0.05, 0.1) is 10.1 Å². The Morgan fingerprint density at radius 2 is 2.30 bits per heavy atom. The maximum Gasteiger partial charge on any atom is 0.345 e. The number of aromatic amines is 1. The average molecular weight is 380 g/mol. The molecule has 2 aromatic rings. The number of carboxylic acids is 1. The summed E-state index contributed by atoms with van der Waals surface area (Å²) in [5, 5.41) is 8.85. The molecule has 0 atom stereocenters. The standard InChI is InChI=1S/C10H10BrN3O4S2/c11-9-8(3-7(19-9)10(15)16)20(17,18)14-2-1-6-4-12-5-13-6/h3-5,14H,1-2H2,(H,12,13)(H,15,16). The molecule has 0 unspecified atom stereocenters. The third-order valence-corrected chi connectivity index (χ3v) is 6.10. The number of H-pyrrole nitrogens is 1. The van der Waals surface area contributed by atoms with E-state index in [0.717, 1.165) is 23.1 Å². The quantitative estimate of drug-likeness (QED) is 0.702. The van der Waals surface area contributed by atoms with Crippen LogP contribution in [0.1, 0.15) is 15.4 Å². The van der Waals surface area contributed by atoms with Crippen molar-refractivity contribution in [3.63, 3.8) is 0 Å². The number of sulfonamides is 1. The van der Waals surface area contributed by atoms with E-state index in [1.807, 2.05) is 0 Å². The Bertz CT molecular complexity index is 709. The second kappa shape index (κ2) is 6.04. The molecule has 20 heavy (non-hydrogen) atoms. The number of aromatic nitrogens is 2. The van der Waals surface area contributed by atoms with E-state index in [1.165, 1.54) is 6.33 Å². The van der Waals surface area contributed by atoms with Crippen molar-refractivity contribution in [3.05, 3.63) is 32.9 Å². The highest BCUT2D eigenvalue weighted by Crippen LogP contribution is 2.31. The number of halogens is 1. The molecule has 7 nitrogen and oxygen atoms in total. The van der Waals surface area contributed by atoms with Gasteiger partial charge in [-0.15, -0.1) is 11.3 Å². The number of aromatic carboxylic acids is 1. The van der Waals surface area contributed by atoms with Crippen LogP contribution in [-0.4, -0.2) is 36.0 Å². The first-order valence-corrected chi connectivity index (χ1v) is 8.49. The number of nitrogens with one attached hydrogen (secondary N) is 2. The lowest BCUT2D eigenvalue weighted by atomic mass is 10.3. The first-order valence-electron chi connectivity index (χ1n) is 5.39. The zero-order valence-electron chi connectivity index (χ0n) is 9.96. The van der Waals surface area contributed by atoms with E-state index < -0.39 is 16.0 Å². The average Bonchev–Trinajstić information content (AvgIpc) is 2.98. The molecule has 0 radical (unpaired) electrons. The van der Waals surface area contributed by atoms with E-state index in [4.69, 9.17) is 5.11 Å². The van der Waals surface area contributed by atoms with Gasteiger partial charge in [-0.25, -0.2) is 22.9 Å². The minimum absolute atomic E-state index is 0.0363. The van der Waals surface area contributed by atoms with Crippen LogP contribution in [0, 0.1) is 0 Å². The van der Waals surface area contributed by atoms with Gasteiger partial charge in [-0.3, -0.25) is 0 Å². The van der Waals surface area contributed by atoms with Gasteiger partial charge in [0, 0.05) is 24.9 Å². The summed E-state index contributed by atoms with van der Waals surface area (Å²) in [5.74, 6) is -1.16. The summed E-state index contributed by atoms with van der Waals surface area (Å²) in [6.45, 7) is 0.190. The third kappa shape index (κ3) is 3.45. The van der Waals surface area contributed by atoms with Crippen molar-refractivity contribution in [2.45, 2.75) is 11.3 Å². The normalized spacial score (nSPS) is 11.7. The summed E-state index contributed by atoms with van der Waals surface area (Å²) < 4.78 is 26.8. The van der Waals surface area contributed by atoms with Crippen LogP contribution in [0.4, 0.5) is 0 Å². The number of imidazole rings is 1. The van der Waals surface area contributed by atoms with Crippen LogP contribution in [0.2, 0.25) is 0 Å². The number of hydrogen-bond donors (Lipinski definition) is 3. The van der Waals surface area contributed by atoms with Crippen molar-refractivity contribution in [2.75, 3.05) is 6.54 Å². The molecule has 2 rings (SSSR count). The predicted molar refractivity (Wildman–Crippen MR) is 76.5 cm³/mol. The fraction of sp³-hybridized carbons (Fsp3) is 0.200. The molecule has 0 aliphatic rings. The molecule has 0 aromatic carbocycles. The number of carboxylic acid groups (broad SMARTS) is 1. The van der Waals surface area contributed by atoms with Gasteiger partial charge in [0.1, 0.15) is 9.77 Å². The van der Waals surface area contributed by atoms with Gasteiger partial charge in [-0.1, -0.05) is 0 Å². The number of thiophene rings is 1. The minimum atomic E-state index is -3.74. The summed E-state index contributed by atoms with van der Waals surface area (Å²) >= 11 is 3.93. The van der Waals surface area contributed by atoms with E-state index in [-0.39, 0.29) is 20.1 Å². The van der Waals surface area contributed by atoms with Crippen LogP contribution in [0.25, 0.3) is 0 Å². The smallest absolute Gasteiger partial charge is 0.345 e. The number of rotatable bonds is 6. The zero-order valence-corrected chi connectivity index (χ0v) is 13.2. The molecule has 2 heterocycles. The van der Waals surface area contributed by atoms with Crippen molar-refractivity contribution in [1.29, 1.82) is 0 Å². The molecule has 3 N–H and O–H groups in total. The first kappa shape index (κ1) is 15.2. The van der Waals surface area contributed by atoms with Crippen molar-refractivity contribution in [3.8, 4) is 0 Å². The van der Waals surface area contributed by atoms with E-state index in [0.29, 0.717) is 6.42 Å². The van der Waals surface area contributed by atoms with E-state index >= 15 is 0 Å². The second-order valence-electron chi connectivity index (χ2n) is 3.78. The van der Waals surface area contributed by atoms with Crippen molar-refractivity contribution >= 4 is 43.3 Å². The third-order valence-electron chi connectivity index (χ3n) is 2.40. The van der Waals surface area contributed by atoms with Gasteiger partial charge in [0.15, 0.2) is 0 Å². The largest absolute Gasteiger partial charge is 0.477 e. The summed E-state index contributed by atoms with van der Waals surface area (Å²) in [6.07, 6.45) is 3.59. The lowest BCUT2D eigenvalue weighted by Crippen LogP contribution is -2.26. The molecule has 108 valence electrons. The topological polar surface area (TPSA) is 112 Å². The van der Waals surface area contributed by atoms with Crippen molar-refractivity contribution in [1.82, 2.24) is 14.7 Å². The summed E-state index contributed by atoms with van der Waals surface area (Å²) in [6, 6.07) is 1.13. The molecule has 2 aromatic heterocycles. The van der Waals surface area contributed by atoms with Crippen molar-refractivity contribution in [2.24, 2.45) is 0 Å². The maximum absolute atomic E-state index is 12.1. The Hall–Kier alpha value is -1.23. The van der Waals surface area contributed by atoms with Crippen molar-refractivity contribution < 1.29 is 18.3 Å². The molecule has 0 bridgehead atoms. The summed E-state index contributed by atoms with van der Waals surface area (Å²) in [5.41, 5.74) is 0.809. The van der Waals surface area contributed by atoms with E-state index in [9.17, 15) is 13.2 Å². The van der Waals surface area contributed by atoms with Gasteiger partial charge in [0.25, 0.3) is 0 Å². The Balaban J connectivity index is 2.08. The Morgan fingerprint density at radius 3 is 2.85 bits per heavy atom.